The molecule has 0 aliphatic carbocycles. The van der Waals surface area contributed by atoms with Crippen LogP contribution in [0.3, 0.4) is 0 Å². The number of benzene rings is 1. The normalized spacial score (nSPS) is 12.1. The number of furan rings is 1. The molecule has 2 N–H and O–H groups in total. The summed E-state index contributed by atoms with van der Waals surface area (Å²) in [5, 5.41) is 12.9. The minimum atomic E-state index is -0.721. The van der Waals surface area contributed by atoms with Gasteiger partial charge >= 0.3 is 0 Å². The average Bonchev–Trinajstić information content (AvgIpc) is 2.93. The fraction of sp³-hybridized carbons (Fsp3) is 0.214. The van der Waals surface area contributed by atoms with E-state index < -0.39 is 6.10 Å². The van der Waals surface area contributed by atoms with Crippen molar-refractivity contribution in [1.82, 2.24) is 5.32 Å². The molecule has 0 aliphatic rings. The van der Waals surface area contributed by atoms with Crippen molar-refractivity contribution in [3.05, 3.63) is 59.0 Å². The number of amides is 1. The van der Waals surface area contributed by atoms with Gasteiger partial charge in [-0.25, -0.2) is 0 Å². The maximum Gasteiger partial charge on any atom is 0.252 e. The molecule has 2 rings (SSSR count). The van der Waals surface area contributed by atoms with Crippen LogP contribution in [0.15, 0.2) is 47.1 Å². The lowest BCUT2D eigenvalue weighted by Gasteiger charge is -2.09. The van der Waals surface area contributed by atoms with Crippen molar-refractivity contribution >= 4 is 17.5 Å². The largest absolute Gasteiger partial charge is 0.467 e. The van der Waals surface area contributed by atoms with Gasteiger partial charge in [-0.15, -0.1) is 0 Å². The summed E-state index contributed by atoms with van der Waals surface area (Å²) in [6, 6.07) is 10.2. The molecule has 1 aromatic heterocycles. The number of nitrogens with one attached hydrogen (secondary N) is 1. The predicted octanol–water partition coefficient (Wildman–Crippen LogP) is 2.79. The van der Waals surface area contributed by atoms with E-state index in [1.165, 1.54) is 6.26 Å². The van der Waals surface area contributed by atoms with Crippen LogP contribution in [-0.4, -0.2) is 17.6 Å². The summed E-state index contributed by atoms with van der Waals surface area (Å²) in [5.74, 6) is 0.240. The van der Waals surface area contributed by atoms with Crippen molar-refractivity contribution in [3.63, 3.8) is 0 Å². The van der Waals surface area contributed by atoms with Crippen molar-refractivity contribution in [3.8, 4) is 0 Å². The van der Waals surface area contributed by atoms with E-state index in [0.717, 1.165) is 0 Å². The van der Waals surface area contributed by atoms with Crippen LogP contribution in [0.4, 0.5) is 0 Å². The van der Waals surface area contributed by atoms with Gasteiger partial charge in [0.15, 0.2) is 0 Å². The fourth-order valence-electron chi connectivity index (χ4n) is 1.69. The molecule has 0 saturated carbocycles. The highest BCUT2D eigenvalue weighted by Gasteiger charge is 2.12. The van der Waals surface area contributed by atoms with Gasteiger partial charge in [-0.2, -0.15) is 0 Å². The van der Waals surface area contributed by atoms with Crippen molar-refractivity contribution in [1.29, 1.82) is 0 Å². The van der Waals surface area contributed by atoms with Gasteiger partial charge in [-0.1, -0.05) is 23.7 Å². The maximum absolute atomic E-state index is 11.8. The van der Waals surface area contributed by atoms with Gasteiger partial charge in [0.1, 0.15) is 11.9 Å². The highest BCUT2D eigenvalue weighted by atomic mass is 35.5. The number of carbonyl (C=O) groups is 1. The van der Waals surface area contributed by atoms with E-state index >= 15 is 0 Å². The molecule has 1 atom stereocenters. The molecule has 4 nitrogen and oxygen atoms in total. The first-order valence-electron chi connectivity index (χ1n) is 5.92. The van der Waals surface area contributed by atoms with Gasteiger partial charge in [0.05, 0.1) is 16.8 Å². The van der Waals surface area contributed by atoms with Crippen molar-refractivity contribution in [2.45, 2.75) is 12.5 Å². The van der Waals surface area contributed by atoms with Crippen LogP contribution in [0.25, 0.3) is 0 Å². The third-order valence-corrected chi connectivity index (χ3v) is 3.02. The molecule has 1 heterocycles. The summed E-state index contributed by atoms with van der Waals surface area (Å²) in [6.07, 6.45) is 1.16. The van der Waals surface area contributed by atoms with Gasteiger partial charge < -0.3 is 14.8 Å². The van der Waals surface area contributed by atoms with Gasteiger partial charge in [-0.05, 0) is 30.7 Å². The topological polar surface area (TPSA) is 62.5 Å². The quantitative estimate of drug-likeness (QED) is 0.885. The molecule has 1 amide bonds. The molecular weight excluding hydrogens is 266 g/mol. The van der Waals surface area contributed by atoms with Crippen LogP contribution < -0.4 is 5.32 Å². The smallest absolute Gasteiger partial charge is 0.252 e. The van der Waals surface area contributed by atoms with E-state index in [1.54, 1.807) is 36.4 Å². The molecule has 0 saturated heterocycles. The second kappa shape index (κ2) is 6.41. The Morgan fingerprint density at radius 2 is 2.11 bits per heavy atom. The second-order valence-electron chi connectivity index (χ2n) is 4.06. The monoisotopic (exact) mass is 279 g/mol. The molecule has 0 bridgehead atoms. The van der Waals surface area contributed by atoms with Gasteiger partial charge in [0.2, 0.25) is 0 Å². The molecule has 0 spiro atoms. The van der Waals surface area contributed by atoms with E-state index in [-0.39, 0.29) is 5.91 Å². The number of aliphatic hydroxyl groups excluding tert-OH is 1. The van der Waals surface area contributed by atoms with Gasteiger partial charge in [0, 0.05) is 6.54 Å². The summed E-state index contributed by atoms with van der Waals surface area (Å²) < 4.78 is 5.07. The molecule has 1 aromatic carbocycles. The minimum absolute atomic E-state index is 0.253. The summed E-state index contributed by atoms with van der Waals surface area (Å²) in [4.78, 5) is 11.8. The third-order valence-electron chi connectivity index (χ3n) is 2.69. The highest BCUT2D eigenvalue weighted by molar-refractivity contribution is 6.33. The average molecular weight is 280 g/mol. The second-order valence-corrected chi connectivity index (χ2v) is 4.46. The zero-order valence-corrected chi connectivity index (χ0v) is 10.9. The minimum Gasteiger partial charge on any atom is -0.467 e. The van der Waals surface area contributed by atoms with Crippen molar-refractivity contribution in [2.75, 3.05) is 6.54 Å². The van der Waals surface area contributed by atoms with Crippen LogP contribution in [0.1, 0.15) is 28.6 Å². The number of hydrogen-bond donors (Lipinski definition) is 2. The summed E-state index contributed by atoms with van der Waals surface area (Å²) in [6.45, 7) is 0.339. The zero-order chi connectivity index (χ0) is 13.7. The summed E-state index contributed by atoms with van der Waals surface area (Å²) in [5.41, 5.74) is 0.427. The van der Waals surface area contributed by atoms with E-state index in [4.69, 9.17) is 16.0 Å². The van der Waals surface area contributed by atoms with Crippen LogP contribution in [0, 0.1) is 0 Å². The zero-order valence-electron chi connectivity index (χ0n) is 10.2. The molecule has 0 fully saturated rings. The highest BCUT2D eigenvalue weighted by Crippen LogP contribution is 2.17. The van der Waals surface area contributed by atoms with E-state index in [9.17, 15) is 9.90 Å². The third kappa shape index (κ3) is 3.59. The maximum atomic E-state index is 11.8. The Labute approximate surface area is 116 Å². The molecule has 19 heavy (non-hydrogen) atoms. The Morgan fingerprint density at radius 1 is 1.32 bits per heavy atom. The predicted molar refractivity (Wildman–Crippen MR) is 72.1 cm³/mol. The Hall–Kier alpha value is -1.78. The van der Waals surface area contributed by atoms with Crippen LogP contribution in [0.5, 0.6) is 0 Å². The summed E-state index contributed by atoms with van der Waals surface area (Å²) in [7, 11) is 0. The number of aliphatic hydroxyl groups is 1. The van der Waals surface area contributed by atoms with Crippen LogP contribution >= 0.6 is 11.6 Å². The first-order chi connectivity index (χ1) is 9.18. The molecule has 1 unspecified atom stereocenters. The van der Waals surface area contributed by atoms with Gasteiger partial charge in [0.25, 0.3) is 5.91 Å². The lowest BCUT2D eigenvalue weighted by Crippen LogP contribution is -2.25. The number of carbonyl (C=O) groups excluding carboxylic acids is 1. The van der Waals surface area contributed by atoms with Crippen LogP contribution in [-0.2, 0) is 0 Å². The molecule has 5 heteroatoms. The Kier molecular flexibility index (Phi) is 4.60. The van der Waals surface area contributed by atoms with E-state index in [0.29, 0.717) is 29.3 Å². The van der Waals surface area contributed by atoms with Gasteiger partial charge in [-0.3, -0.25) is 4.79 Å². The molecule has 100 valence electrons. The molecule has 0 aliphatic heterocycles. The first kappa shape index (κ1) is 13.6. The van der Waals surface area contributed by atoms with Crippen molar-refractivity contribution < 1.29 is 14.3 Å². The van der Waals surface area contributed by atoms with E-state index in [1.807, 2.05) is 0 Å². The SMILES string of the molecule is O=C(NCCC(O)c1ccco1)c1ccccc1Cl. The van der Waals surface area contributed by atoms with E-state index in [2.05, 4.69) is 5.32 Å². The summed E-state index contributed by atoms with van der Waals surface area (Å²) >= 11 is 5.92. The molecule has 0 radical (unpaired) electrons. The van der Waals surface area contributed by atoms with Crippen molar-refractivity contribution in [2.24, 2.45) is 0 Å². The first-order valence-corrected chi connectivity index (χ1v) is 6.30. The number of hydrogen-bond acceptors (Lipinski definition) is 3. The standard InChI is InChI=1S/C14H14ClNO3/c15-11-5-2-1-4-10(11)14(18)16-8-7-12(17)13-6-3-9-19-13/h1-6,9,12,17H,7-8H2,(H,16,18). The Bertz CT molecular complexity index is 539. The lowest BCUT2D eigenvalue weighted by atomic mass is 10.2. The lowest BCUT2D eigenvalue weighted by molar-refractivity contribution is 0.0936. The molecular formula is C14H14ClNO3. The Morgan fingerprint density at radius 3 is 2.79 bits per heavy atom. The van der Waals surface area contributed by atoms with Crippen LogP contribution in [0.2, 0.25) is 5.02 Å². The molecule has 2 aromatic rings. The Balaban J connectivity index is 1.83. The number of rotatable bonds is 5. The fourth-order valence-corrected chi connectivity index (χ4v) is 1.91. The number of halogens is 1.